The minimum absolute atomic E-state index is 0.258. The van der Waals surface area contributed by atoms with Gasteiger partial charge < -0.3 is 24.6 Å². The Morgan fingerprint density at radius 1 is 1.00 bits per heavy atom. The molecule has 3 aromatic rings. The highest BCUT2D eigenvalue weighted by molar-refractivity contribution is 6.02. The van der Waals surface area contributed by atoms with E-state index in [4.69, 9.17) is 9.47 Å². The third-order valence-corrected chi connectivity index (χ3v) is 5.66. The van der Waals surface area contributed by atoms with Gasteiger partial charge in [0.05, 0.1) is 31.0 Å². The van der Waals surface area contributed by atoms with Gasteiger partial charge >= 0.3 is 0 Å². The minimum atomic E-state index is -0.546. The molecule has 34 heavy (non-hydrogen) atoms. The van der Waals surface area contributed by atoms with E-state index in [9.17, 15) is 15.0 Å². The van der Waals surface area contributed by atoms with Crippen LogP contribution in [0.15, 0.2) is 42.6 Å². The molecule has 0 saturated heterocycles. The van der Waals surface area contributed by atoms with E-state index in [1.807, 2.05) is 25.1 Å². The molecule has 0 fully saturated rings. The van der Waals surface area contributed by atoms with Gasteiger partial charge in [0.15, 0.2) is 0 Å². The van der Waals surface area contributed by atoms with Crippen molar-refractivity contribution in [3.63, 3.8) is 0 Å². The summed E-state index contributed by atoms with van der Waals surface area (Å²) < 4.78 is 11.1. The number of ether oxygens (including phenoxy) is 2. The van der Waals surface area contributed by atoms with Gasteiger partial charge in [0.25, 0.3) is 5.91 Å². The number of aryl methyl sites for hydroxylation is 1. The van der Waals surface area contributed by atoms with E-state index in [1.54, 1.807) is 31.4 Å². The van der Waals surface area contributed by atoms with E-state index in [0.717, 1.165) is 18.5 Å². The molecule has 1 aromatic carbocycles. The van der Waals surface area contributed by atoms with Crippen LogP contribution in [0.5, 0.6) is 23.1 Å². The number of hydrogen-bond donors (Lipinski definition) is 2. The van der Waals surface area contributed by atoms with Crippen molar-refractivity contribution in [1.29, 1.82) is 0 Å². The van der Waals surface area contributed by atoms with E-state index in [1.165, 1.54) is 19.1 Å². The Hall–Kier alpha value is -3.81. The predicted octanol–water partition coefficient (Wildman–Crippen LogP) is 4.23. The number of pyridine rings is 2. The summed E-state index contributed by atoms with van der Waals surface area (Å²) in [5.41, 5.74) is 1.85. The maximum Gasteiger partial charge on any atom is 0.262 e. The Bertz CT molecular complexity index is 1110. The molecule has 0 radical (unpaired) electrons. The van der Waals surface area contributed by atoms with Gasteiger partial charge in [0.1, 0.15) is 22.8 Å². The zero-order valence-corrected chi connectivity index (χ0v) is 20.0. The average molecular weight is 466 g/mol. The van der Waals surface area contributed by atoms with E-state index in [2.05, 4.69) is 9.97 Å². The van der Waals surface area contributed by atoms with Crippen LogP contribution in [0.2, 0.25) is 0 Å². The summed E-state index contributed by atoms with van der Waals surface area (Å²) in [6.45, 7) is 2.39. The van der Waals surface area contributed by atoms with Gasteiger partial charge in [-0.25, -0.2) is 4.98 Å². The molecule has 8 heteroatoms. The van der Waals surface area contributed by atoms with E-state index in [-0.39, 0.29) is 11.3 Å². The van der Waals surface area contributed by atoms with Crippen LogP contribution in [-0.4, -0.2) is 58.8 Å². The SMILES string of the molecule is CCCCc1nc(O)c(C(=O)N(C)CCc2ccccn2)c(O)c1-c1c(OC)cccc1OC. The summed E-state index contributed by atoms with van der Waals surface area (Å²) in [7, 11) is 4.65. The molecule has 0 bridgehead atoms. The molecule has 180 valence electrons. The topological polar surface area (TPSA) is 105 Å². The van der Waals surface area contributed by atoms with Crippen molar-refractivity contribution in [2.45, 2.75) is 32.6 Å². The number of likely N-dealkylation sites (N-methyl/N-ethyl adjacent to an activating group) is 1. The van der Waals surface area contributed by atoms with Crippen LogP contribution in [0.4, 0.5) is 0 Å². The molecule has 2 aromatic heterocycles. The molecule has 0 spiro atoms. The lowest BCUT2D eigenvalue weighted by Crippen LogP contribution is -2.29. The molecule has 0 aliphatic rings. The Morgan fingerprint density at radius 2 is 1.71 bits per heavy atom. The highest BCUT2D eigenvalue weighted by Gasteiger charge is 2.30. The third-order valence-electron chi connectivity index (χ3n) is 5.66. The number of methoxy groups -OCH3 is 2. The monoisotopic (exact) mass is 465 g/mol. The number of rotatable bonds is 10. The summed E-state index contributed by atoms with van der Waals surface area (Å²) in [5.74, 6) is -0.480. The van der Waals surface area contributed by atoms with Crippen molar-refractivity contribution in [2.24, 2.45) is 0 Å². The largest absolute Gasteiger partial charge is 0.506 e. The van der Waals surface area contributed by atoms with Gasteiger partial charge in [-0.3, -0.25) is 9.78 Å². The van der Waals surface area contributed by atoms with Crippen LogP contribution in [0, 0.1) is 0 Å². The van der Waals surface area contributed by atoms with Crippen molar-refractivity contribution in [1.82, 2.24) is 14.9 Å². The van der Waals surface area contributed by atoms with Gasteiger partial charge in [-0.1, -0.05) is 25.5 Å². The normalized spacial score (nSPS) is 10.7. The van der Waals surface area contributed by atoms with Crippen LogP contribution >= 0.6 is 0 Å². The van der Waals surface area contributed by atoms with Crippen LogP contribution in [0.3, 0.4) is 0 Å². The summed E-state index contributed by atoms with van der Waals surface area (Å²) in [6, 6.07) is 10.8. The number of carbonyl (C=O) groups excluding carboxylic acids is 1. The van der Waals surface area contributed by atoms with E-state index < -0.39 is 11.8 Å². The second kappa shape index (κ2) is 11.4. The highest BCUT2D eigenvalue weighted by Crippen LogP contribution is 2.47. The molecule has 2 heterocycles. The standard InChI is InChI=1S/C26H31N3O5/c1-5-6-11-18-21(22-19(33-3)12-9-13-20(22)34-4)24(30)23(25(31)28-18)26(32)29(2)16-14-17-10-7-8-15-27-17/h7-10,12-13,15H,5-6,11,14,16H2,1-4H3,(H2,28,30,31). The maximum absolute atomic E-state index is 13.3. The number of carbonyl (C=O) groups is 1. The van der Waals surface area contributed by atoms with Crippen molar-refractivity contribution in [3.8, 4) is 34.3 Å². The summed E-state index contributed by atoms with van der Waals surface area (Å²) >= 11 is 0. The zero-order chi connectivity index (χ0) is 24.7. The molecule has 0 unspecified atom stereocenters. The number of hydrogen-bond acceptors (Lipinski definition) is 7. The first-order valence-electron chi connectivity index (χ1n) is 11.2. The Labute approximate surface area is 199 Å². The molecule has 0 aliphatic carbocycles. The number of amides is 1. The van der Waals surface area contributed by atoms with Crippen LogP contribution < -0.4 is 9.47 Å². The van der Waals surface area contributed by atoms with Crippen LogP contribution in [0.25, 0.3) is 11.1 Å². The molecule has 3 rings (SSSR count). The number of aromatic nitrogens is 2. The molecule has 0 aliphatic heterocycles. The summed E-state index contributed by atoms with van der Waals surface area (Å²) in [4.78, 5) is 23.4. The fourth-order valence-corrected chi connectivity index (χ4v) is 3.81. The van der Waals surface area contributed by atoms with Crippen molar-refractivity contribution in [3.05, 3.63) is 59.5 Å². The molecule has 1 amide bonds. The molecular formula is C26H31N3O5. The number of nitrogens with zero attached hydrogens (tertiary/aromatic N) is 3. The lowest BCUT2D eigenvalue weighted by molar-refractivity contribution is 0.0789. The first-order chi connectivity index (χ1) is 16.4. The van der Waals surface area contributed by atoms with E-state index >= 15 is 0 Å². The van der Waals surface area contributed by atoms with Crippen LogP contribution in [0.1, 0.15) is 41.5 Å². The van der Waals surface area contributed by atoms with Gasteiger partial charge in [-0.05, 0) is 37.1 Å². The van der Waals surface area contributed by atoms with Crippen molar-refractivity contribution < 1.29 is 24.5 Å². The number of unbranched alkanes of at least 4 members (excludes halogenated alkanes) is 1. The fourth-order valence-electron chi connectivity index (χ4n) is 3.81. The van der Waals surface area contributed by atoms with Crippen molar-refractivity contribution >= 4 is 5.91 Å². The number of benzene rings is 1. The van der Waals surface area contributed by atoms with Gasteiger partial charge in [-0.15, -0.1) is 0 Å². The van der Waals surface area contributed by atoms with Crippen molar-refractivity contribution in [2.75, 3.05) is 27.8 Å². The summed E-state index contributed by atoms with van der Waals surface area (Å²) in [5, 5.41) is 22.1. The molecular weight excluding hydrogens is 434 g/mol. The maximum atomic E-state index is 13.3. The molecule has 2 N–H and O–H groups in total. The fraction of sp³-hybridized carbons (Fsp3) is 0.346. The molecule has 8 nitrogen and oxygen atoms in total. The first-order valence-corrected chi connectivity index (χ1v) is 11.2. The lowest BCUT2D eigenvalue weighted by atomic mass is 9.95. The minimum Gasteiger partial charge on any atom is -0.506 e. The first kappa shape index (κ1) is 24.8. The second-order valence-electron chi connectivity index (χ2n) is 7.92. The van der Waals surface area contributed by atoms with E-state index in [0.29, 0.717) is 47.7 Å². The second-order valence-corrected chi connectivity index (χ2v) is 7.92. The summed E-state index contributed by atoms with van der Waals surface area (Å²) in [6.07, 6.45) is 4.40. The number of aromatic hydroxyl groups is 2. The molecule has 0 atom stereocenters. The Kier molecular flexibility index (Phi) is 8.29. The average Bonchev–Trinajstić information content (AvgIpc) is 2.86. The predicted molar refractivity (Wildman–Crippen MR) is 130 cm³/mol. The Morgan fingerprint density at radius 3 is 2.29 bits per heavy atom. The van der Waals surface area contributed by atoms with Gasteiger partial charge in [-0.2, -0.15) is 0 Å². The molecule has 0 saturated carbocycles. The van der Waals surface area contributed by atoms with Gasteiger partial charge in [0.2, 0.25) is 5.88 Å². The smallest absolute Gasteiger partial charge is 0.262 e. The quantitative estimate of drug-likeness (QED) is 0.462. The van der Waals surface area contributed by atoms with Gasteiger partial charge in [0, 0.05) is 31.9 Å². The van der Waals surface area contributed by atoms with Crippen LogP contribution in [-0.2, 0) is 12.8 Å². The third kappa shape index (κ3) is 5.22. The zero-order valence-electron chi connectivity index (χ0n) is 20.0. The lowest BCUT2D eigenvalue weighted by Gasteiger charge is -2.22. The Balaban J connectivity index is 2.09. The highest BCUT2D eigenvalue weighted by atomic mass is 16.5.